The number of anilines is 1. The average molecular weight is 497 g/mol. The molecule has 10 heteroatoms. The molecule has 0 aliphatic rings. The van der Waals surface area contributed by atoms with Crippen molar-refractivity contribution in [3.05, 3.63) is 75.7 Å². The van der Waals surface area contributed by atoms with Gasteiger partial charge in [0.05, 0.1) is 41.6 Å². The smallest absolute Gasteiger partial charge is 0.267 e. The van der Waals surface area contributed by atoms with E-state index in [1.54, 1.807) is 42.6 Å². The molecule has 2 aromatic heterocycles. The number of rotatable bonds is 7. The summed E-state index contributed by atoms with van der Waals surface area (Å²) in [6.45, 7) is 1.91. The minimum atomic E-state index is -0.321. The number of carbonyl (C=O) groups is 1. The molecule has 8 nitrogen and oxygen atoms in total. The summed E-state index contributed by atoms with van der Waals surface area (Å²) in [7, 11) is 2.97. The van der Waals surface area contributed by atoms with Gasteiger partial charge in [-0.2, -0.15) is 0 Å². The van der Waals surface area contributed by atoms with Gasteiger partial charge in [-0.3, -0.25) is 9.59 Å². The highest BCUT2D eigenvalue weighted by Crippen LogP contribution is 2.36. The highest BCUT2D eigenvalue weighted by Gasteiger charge is 2.17. The minimum Gasteiger partial charge on any atom is -0.495 e. The molecule has 0 aliphatic carbocycles. The molecule has 34 heavy (non-hydrogen) atoms. The predicted molar refractivity (Wildman–Crippen MR) is 134 cm³/mol. The summed E-state index contributed by atoms with van der Waals surface area (Å²) in [5, 5.41) is 3.99. The van der Waals surface area contributed by atoms with Crippen LogP contribution in [-0.2, 0) is 4.79 Å². The Morgan fingerprint density at radius 3 is 2.59 bits per heavy atom. The normalized spacial score (nSPS) is 10.8. The number of benzene rings is 2. The number of aromatic nitrogens is 3. The SMILES string of the molecule is COc1cc(NC(=O)CSc2nc3ccccc3c(=O)n2-c2ccc(C)cn2)c(OC)cc1Cl. The number of hydrogen-bond donors (Lipinski definition) is 1. The summed E-state index contributed by atoms with van der Waals surface area (Å²) in [6.07, 6.45) is 1.68. The van der Waals surface area contributed by atoms with E-state index < -0.39 is 0 Å². The van der Waals surface area contributed by atoms with Crippen LogP contribution in [0.15, 0.2) is 64.7 Å². The third-order valence-electron chi connectivity index (χ3n) is 4.95. The number of methoxy groups -OCH3 is 2. The lowest BCUT2D eigenvalue weighted by atomic mass is 10.2. The monoisotopic (exact) mass is 496 g/mol. The van der Waals surface area contributed by atoms with Crippen molar-refractivity contribution in [1.29, 1.82) is 0 Å². The second-order valence-corrected chi connectivity index (χ2v) is 8.62. The molecule has 0 fully saturated rings. The Kier molecular flexibility index (Phi) is 7.04. The van der Waals surface area contributed by atoms with Gasteiger partial charge in [0.15, 0.2) is 5.16 Å². The maximum absolute atomic E-state index is 13.3. The van der Waals surface area contributed by atoms with Crippen LogP contribution in [0, 0.1) is 6.92 Å². The van der Waals surface area contributed by atoms with Crippen molar-refractivity contribution in [2.45, 2.75) is 12.1 Å². The quantitative estimate of drug-likeness (QED) is 0.297. The van der Waals surface area contributed by atoms with E-state index in [0.29, 0.717) is 44.1 Å². The Morgan fingerprint density at radius 2 is 1.88 bits per heavy atom. The summed E-state index contributed by atoms with van der Waals surface area (Å²) in [4.78, 5) is 35.1. The van der Waals surface area contributed by atoms with Crippen LogP contribution in [0.2, 0.25) is 5.02 Å². The average Bonchev–Trinajstić information content (AvgIpc) is 2.84. The molecule has 1 amide bonds. The Hall–Kier alpha value is -3.56. The summed E-state index contributed by atoms with van der Waals surface area (Å²) < 4.78 is 12.0. The molecule has 0 radical (unpaired) electrons. The molecule has 1 N–H and O–H groups in total. The molecular weight excluding hydrogens is 476 g/mol. The molecule has 0 saturated heterocycles. The highest BCUT2D eigenvalue weighted by atomic mass is 35.5. The van der Waals surface area contributed by atoms with Gasteiger partial charge in [-0.15, -0.1) is 0 Å². The number of aryl methyl sites for hydroxylation is 1. The van der Waals surface area contributed by atoms with Crippen molar-refractivity contribution in [2.24, 2.45) is 0 Å². The number of para-hydroxylation sites is 1. The first-order valence-electron chi connectivity index (χ1n) is 10.2. The topological polar surface area (TPSA) is 95.3 Å². The van der Waals surface area contributed by atoms with Gasteiger partial charge >= 0.3 is 0 Å². The lowest BCUT2D eigenvalue weighted by Crippen LogP contribution is -2.23. The molecule has 4 rings (SSSR count). The van der Waals surface area contributed by atoms with Crippen LogP contribution < -0.4 is 20.3 Å². The molecule has 174 valence electrons. The fourth-order valence-corrected chi connectivity index (χ4v) is 4.31. The molecule has 0 atom stereocenters. The van der Waals surface area contributed by atoms with E-state index in [4.69, 9.17) is 21.1 Å². The highest BCUT2D eigenvalue weighted by molar-refractivity contribution is 7.99. The number of hydrogen-bond acceptors (Lipinski definition) is 7. The number of halogens is 1. The number of nitrogens with zero attached hydrogens (tertiary/aromatic N) is 3. The van der Waals surface area contributed by atoms with Gasteiger partial charge < -0.3 is 14.8 Å². The van der Waals surface area contributed by atoms with Crippen LogP contribution >= 0.6 is 23.4 Å². The second kappa shape index (κ2) is 10.1. The predicted octanol–water partition coefficient (Wildman–Crippen LogP) is 4.49. The van der Waals surface area contributed by atoms with Gasteiger partial charge in [0.1, 0.15) is 17.3 Å². The first-order chi connectivity index (χ1) is 16.4. The molecule has 0 unspecified atom stereocenters. The summed E-state index contributed by atoms with van der Waals surface area (Å²) >= 11 is 7.27. The summed E-state index contributed by atoms with van der Waals surface area (Å²) in [5.74, 6) is 0.902. The number of amides is 1. The largest absolute Gasteiger partial charge is 0.495 e. The van der Waals surface area contributed by atoms with Crippen LogP contribution in [-0.4, -0.2) is 40.4 Å². The molecular formula is C24H21ClN4O4S. The van der Waals surface area contributed by atoms with Gasteiger partial charge in [0.25, 0.3) is 5.56 Å². The third kappa shape index (κ3) is 4.85. The van der Waals surface area contributed by atoms with Gasteiger partial charge in [-0.1, -0.05) is 41.6 Å². The first kappa shape index (κ1) is 23.6. The van der Waals surface area contributed by atoms with E-state index >= 15 is 0 Å². The molecule has 2 heterocycles. The second-order valence-electron chi connectivity index (χ2n) is 7.27. The van der Waals surface area contributed by atoms with Crippen molar-refractivity contribution in [1.82, 2.24) is 14.5 Å². The van der Waals surface area contributed by atoms with Crippen LogP contribution in [0.4, 0.5) is 5.69 Å². The molecule has 0 aliphatic heterocycles. The number of pyridine rings is 1. The van der Waals surface area contributed by atoms with E-state index in [1.807, 2.05) is 19.1 Å². The number of nitrogens with one attached hydrogen (secondary N) is 1. The van der Waals surface area contributed by atoms with Crippen LogP contribution in [0.5, 0.6) is 11.5 Å². The lowest BCUT2D eigenvalue weighted by molar-refractivity contribution is -0.113. The standard InChI is InChI=1S/C24H21ClN4O4S/c1-14-8-9-21(26-12-14)29-23(31)15-6-4-5-7-17(15)28-24(29)34-13-22(30)27-18-11-19(32-2)16(25)10-20(18)33-3/h4-12H,13H2,1-3H3,(H,27,30). The van der Waals surface area contributed by atoms with Crippen molar-refractivity contribution >= 4 is 45.9 Å². The van der Waals surface area contributed by atoms with Crippen LogP contribution in [0.25, 0.3) is 16.7 Å². The zero-order valence-corrected chi connectivity index (χ0v) is 20.2. The number of carbonyl (C=O) groups excluding carboxylic acids is 1. The van der Waals surface area contributed by atoms with Gasteiger partial charge in [0.2, 0.25) is 5.91 Å². The van der Waals surface area contributed by atoms with Gasteiger partial charge in [-0.25, -0.2) is 14.5 Å². The third-order valence-corrected chi connectivity index (χ3v) is 6.18. The fraction of sp³-hybridized carbons (Fsp3) is 0.167. The molecule has 0 spiro atoms. The Labute approximate surface area is 204 Å². The van der Waals surface area contributed by atoms with Crippen LogP contribution in [0.1, 0.15) is 5.56 Å². The molecule has 2 aromatic carbocycles. The van der Waals surface area contributed by atoms with Crippen molar-refractivity contribution in [3.63, 3.8) is 0 Å². The van der Waals surface area contributed by atoms with E-state index in [1.165, 1.54) is 18.8 Å². The maximum Gasteiger partial charge on any atom is 0.267 e. The van der Waals surface area contributed by atoms with Crippen LogP contribution in [0.3, 0.4) is 0 Å². The van der Waals surface area contributed by atoms with Crippen molar-refractivity contribution < 1.29 is 14.3 Å². The number of fused-ring (bicyclic) bond motifs is 1. The Morgan fingerprint density at radius 1 is 1.12 bits per heavy atom. The lowest BCUT2D eigenvalue weighted by Gasteiger charge is -2.14. The molecule has 4 aromatic rings. The van der Waals surface area contributed by atoms with E-state index in [2.05, 4.69) is 15.3 Å². The Balaban J connectivity index is 1.65. The van der Waals surface area contributed by atoms with E-state index in [0.717, 1.165) is 17.3 Å². The summed E-state index contributed by atoms with van der Waals surface area (Å²) in [5.41, 5.74) is 1.67. The van der Waals surface area contributed by atoms with Crippen molar-refractivity contribution in [3.8, 4) is 17.3 Å². The minimum absolute atomic E-state index is 0.00919. The fourth-order valence-electron chi connectivity index (χ4n) is 3.28. The molecule has 0 bridgehead atoms. The number of ether oxygens (including phenoxy) is 2. The van der Waals surface area contributed by atoms with Gasteiger partial charge in [-0.05, 0) is 30.7 Å². The maximum atomic E-state index is 13.3. The zero-order chi connectivity index (χ0) is 24.2. The Bertz CT molecular complexity index is 1420. The first-order valence-corrected chi connectivity index (χ1v) is 11.6. The van der Waals surface area contributed by atoms with Crippen molar-refractivity contribution in [2.75, 3.05) is 25.3 Å². The molecule has 0 saturated carbocycles. The zero-order valence-electron chi connectivity index (χ0n) is 18.7. The van der Waals surface area contributed by atoms with E-state index in [-0.39, 0.29) is 17.2 Å². The summed E-state index contributed by atoms with van der Waals surface area (Å²) in [6, 6.07) is 13.8. The number of thioether (sulfide) groups is 1. The van der Waals surface area contributed by atoms with E-state index in [9.17, 15) is 9.59 Å². The van der Waals surface area contributed by atoms with Gasteiger partial charge in [0, 0.05) is 18.3 Å².